The van der Waals surface area contributed by atoms with Gasteiger partial charge in [0.05, 0.1) is 0 Å². The number of aryl methyl sites for hydroxylation is 2. The van der Waals surface area contributed by atoms with Crippen molar-refractivity contribution >= 4 is 74.6 Å². The average molecular weight is 867 g/mol. The number of hydrogen-bond acceptors (Lipinski definition) is 1. The lowest BCUT2D eigenvalue weighted by atomic mass is 9.81. The molecule has 67 heavy (non-hydrogen) atoms. The van der Waals surface area contributed by atoms with Crippen LogP contribution in [0, 0.1) is 13.8 Å². The van der Waals surface area contributed by atoms with Gasteiger partial charge in [-0.1, -0.05) is 205 Å². The Bertz CT molecular complexity index is 4060. The van der Waals surface area contributed by atoms with Crippen LogP contribution in [0.1, 0.15) is 11.1 Å². The molecule has 0 aliphatic heterocycles. The van der Waals surface area contributed by atoms with E-state index in [0.29, 0.717) is 0 Å². The molecule has 1 heteroatoms. The Morgan fingerprint density at radius 1 is 0.269 bits per heavy atom. The Labute approximate surface area is 393 Å². The van der Waals surface area contributed by atoms with E-state index in [0.717, 1.165) is 0 Å². The van der Waals surface area contributed by atoms with Crippen LogP contribution in [-0.4, -0.2) is 0 Å². The first-order valence-corrected chi connectivity index (χ1v) is 24.1. The van der Waals surface area contributed by atoms with Crippen LogP contribution in [0.4, 0.5) is 0 Å². The lowest BCUT2D eigenvalue weighted by molar-refractivity contribution is 1.47. The van der Waals surface area contributed by atoms with E-state index in [-0.39, 0.29) is 0 Å². The van der Waals surface area contributed by atoms with Crippen molar-refractivity contribution in [2.24, 2.45) is 0 Å². The smallest absolute Gasteiger partial charge is 0.0434 e. The van der Waals surface area contributed by atoms with Gasteiger partial charge in [0.1, 0.15) is 0 Å². The fourth-order valence-electron chi connectivity index (χ4n) is 11.4. The van der Waals surface area contributed by atoms with Gasteiger partial charge in [0, 0.05) is 25.7 Å². The van der Waals surface area contributed by atoms with Crippen molar-refractivity contribution < 1.29 is 0 Å². The highest BCUT2D eigenvalue weighted by Crippen LogP contribution is 2.60. The van der Waals surface area contributed by atoms with E-state index in [1.807, 2.05) is 11.3 Å². The highest BCUT2D eigenvalue weighted by Gasteiger charge is 2.32. The SMILES string of the molecule is Cc1ccc(-c2ccc3sc4c(-c5ccc6c7c(cccc57)-c5c-6c(-c6cccc7ccccc67)c6ccccc6c5-c5cccc6ccccc56)cc(-c5ccc(C)cc5)cc4c3c2)cc1. The summed E-state index contributed by atoms with van der Waals surface area (Å²) in [6, 6.07) is 82.5. The van der Waals surface area contributed by atoms with Gasteiger partial charge in [-0.3, -0.25) is 0 Å². The third-order valence-corrected chi connectivity index (χ3v) is 15.8. The van der Waals surface area contributed by atoms with E-state index >= 15 is 0 Å². The van der Waals surface area contributed by atoms with Gasteiger partial charge >= 0.3 is 0 Å². The van der Waals surface area contributed by atoms with Gasteiger partial charge in [-0.2, -0.15) is 0 Å². The molecule has 13 aromatic rings. The van der Waals surface area contributed by atoms with Crippen molar-refractivity contribution in [1.29, 1.82) is 0 Å². The monoisotopic (exact) mass is 866 g/mol. The summed E-state index contributed by atoms with van der Waals surface area (Å²) in [6.45, 7) is 4.32. The summed E-state index contributed by atoms with van der Waals surface area (Å²) < 4.78 is 2.62. The Kier molecular flexibility index (Phi) is 8.38. The number of thiophene rings is 1. The van der Waals surface area contributed by atoms with Crippen LogP contribution in [0.3, 0.4) is 0 Å². The molecule has 0 radical (unpaired) electrons. The standard InChI is InChI=1S/C66H42S/c1-39-24-28-41(29-25-39)45-32-35-60-57(36-45)59-38-46(42-30-26-40(2)27-31-42)37-58(66(59)67-60)49-33-34-56-61-52(49)22-11-23-55(61)64-62(50-20-9-14-43-12-3-5-16-47(43)50)53-18-7-8-19-54(53)63(65(56)64)51-21-10-15-44-13-4-6-17-48(44)51/h3-38H,1-2H3. The minimum Gasteiger partial charge on any atom is -0.135 e. The van der Waals surface area contributed by atoms with E-state index in [2.05, 4.69) is 232 Å². The Morgan fingerprint density at radius 3 is 1.36 bits per heavy atom. The molecule has 12 aromatic carbocycles. The predicted molar refractivity (Wildman–Crippen MR) is 290 cm³/mol. The highest BCUT2D eigenvalue weighted by atomic mass is 32.1. The van der Waals surface area contributed by atoms with Crippen LogP contribution < -0.4 is 0 Å². The van der Waals surface area contributed by atoms with Crippen LogP contribution in [0.5, 0.6) is 0 Å². The normalized spacial score (nSPS) is 12.0. The van der Waals surface area contributed by atoms with E-state index in [1.54, 1.807) is 0 Å². The van der Waals surface area contributed by atoms with E-state index in [4.69, 9.17) is 0 Å². The first kappa shape index (κ1) is 38.2. The molecule has 0 nitrogen and oxygen atoms in total. The number of fused-ring (bicyclic) bond motifs is 9. The minimum absolute atomic E-state index is 1.23. The number of hydrogen-bond donors (Lipinski definition) is 0. The van der Waals surface area contributed by atoms with Crippen molar-refractivity contribution in [2.45, 2.75) is 13.8 Å². The predicted octanol–water partition coefficient (Wildman–Crippen LogP) is 19.3. The molecule has 0 spiro atoms. The van der Waals surface area contributed by atoms with Gasteiger partial charge in [-0.15, -0.1) is 11.3 Å². The fourth-order valence-corrected chi connectivity index (χ4v) is 12.6. The van der Waals surface area contributed by atoms with E-state index < -0.39 is 0 Å². The zero-order valence-corrected chi connectivity index (χ0v) is 38.0. The molecule has 0 unspecified atom stereocenters. The van der Waals surface area contributed by atoms with E-state index in [9.17, 15) is 0 Å². The van der Waals surface area contributed by atoms with Gasteiger partial charge in [-0.05, 0) is 154 Å². The molecule has 0 atom stereocenters. The van der Waals surface area contributed by atoms with Crippen LogP contribution in [0.2, 0.25) is 0 Å². The summed E-state index contributed by atoms with van der Waals surface area (Å²) in [5, 5.41) is 12.8. The van der Waals surface area contributed by atoms with Crippen molar-refractivity contribution in [3.63, 3.8) is 0 Å². The largest absolute Gasteiger partial charge is 0.135 e. The summed E-state index contributed by atoms with van der Waals surface area (Å²) in [5.74, 6) is 0. The summed E-state index contributed by atoms with van der Waals surface area (Å²) in [6.07, 6.45) is 0. The average Bonchev–Trinajstić information content (AvgIpc) is 3.92. The molecule has 0 bridgehead atoms. The van der Waals surface area contributed by atoms with Gasteiger partial charge < -0.3 is 0 Å². The van der Waals surface area contributed by atoms with Crippen LogP contribution in [0.15, 0.2) is 218 Å². The fraction of sp³-hybridized carbons (Fsp3) is 0.0303. The lowest BCUT2D eigenvalue weighted by Crippen LogP contribution is -1.94. The summed E-state index contributed by atoms with van der Waals surface area (Å²) >= 11 is 1.92. The van der Waals surface area contributed by atoms with Gasteiger partial charge in [0.15, 0.2) is 0 Å². The summed E-state index contributed by atoms with van der Waals surface area (Å²) in [5.41, 5.74) is 20.4. The Balaban J connectivity index is 1.10. The Morgan fingerprint density at radius 2 is 0.731 bits per heavy atom. The molecular formula is C66H42S. The minimum atomic E-state index is 1.23. The lowest BCUT2D eigenvalue weighted by Gasteiger charge is -2.22. The third kappa shape index (κ3) is 5.78. The molecular weight excluding hydrogens is 825 g/mol. The van der Waals surface area contributed by atoms with Crippen molar-refractivity contribution in [1.82, 2.24) is 0 Å². The first-order valence-electron chi connectivity index (χ1n) is 23.3. The second-order valence-electron chi connectivity index (χ2n) is 18.4. The number of rotatable bonds is 5. The molecule has 1 aliphatic rings. The maximum Gasteiger partial charge on any atom is 0.0434 e. The second-order valence-corrected chi connectivity index (χ2v) is 19.5. The summed E-state index contributed by atoms with van der Waals surface area (Å²) in [4.78, 5) is 0. The molecule has 14 rings (SSSR count). The van der Waals surface area contributed by atoms with Gasteiger partial charge in [-0.25, -0.2) is 0 Å². The van der Waals surface area contributed by atoms with Crippen molar-refractivity contribution in [3.8, 4) is 77.9 Å². The second kappa shape index (κ2) is 14.7. The van der Waals surface area contributed by atoms with Gasteiger partial charge in [0.25, 0.3) is 0 Å². The van der Waals surface area contributed by atoms with Gasteiger partial charge in [0.2, 0.25) is 0 Å². The molecule has 312 valence electrons. The molecule has 1 heterocycles. The Hall–Kier alpha value is -8.10. The molecule has 1 aliphatic carbocycles. The maximum absolute atomic E-state index is 2.47. The zero-order valence-electron chi connectivity index (χ0n) is 37.2. The van der Waals surface area contributed by atoms with E-state index in [1.165, 1.54) is 152 Å². The van der Waals surface area contributed by atoms with Crippen molar-refractivity contribution in [2.75, 3.05) is 0 Å². The molecule has 1 aromatic heterocycles. The molecule has 0 amide bonds. The van der Waals surface area contributed by atoms with Crippen LogP contribution >= 0.6 is 11.3 Å². The quantitative estimate of drug-likeness (QED) is 0.162. The zero-order chi connectivity index (χ0) is 44.3. The molecule has 0 saturated carbocycles. The third-order valence-electron chi connectivity index (χ3n) is 14.5. The van der Waals surface area contributed by atoms with Crippen LogP contribution in [-0.2, 0) is 0 Å². The first-order chi connectivity index (χ1) is 33.1. The topological polar surface area (TPSA) is 0 Å². The molecule has 0 saturated heterocycles. The molecule has 0 N–H and O–H groups in total. The number of benzene rings is 12. The highest BCUT2D eigenvalue weighted by molar-refractivity contribution is 7.26. The molecule has 0 fully saturated rings. The summed E-state index contributed by atoms with van der Waals surface area (Å²) in [7, 11) is 0. The maximum atomic E-state index is 2.47. The van der Waals surface area contributed by atoms with Crippen molar-refractivity contribution in [3.05, 3.63) is 230 Å². The van der Waals surface area contributed by atoms with Crippen LogP contribution in [0.25, 0.3) is 141 Å².